The molecule has 1 atom stereocenters. The summed E-state index contributed by atoms with van der Waals surface area (Å²) in [7, 11) is -3.65. The molecule has 1 aliphatic heterocycles. The van der Waals surface area contributed by atoms with Gasteiger partial charge in [-0.1, -0.05) is 6.92 Å². The molecule has 0 N–H and O–H groups in total. The molecular weight excluding hydrogens is 379 g/mol. The van der Waals surface area contributed by atoms with Crippen LogP contribution < -0.4 is 0 Å². The Labute approximate surface area is 164 Å². The molecule has 1 fully saturated rings. The number of sulfonamides is 1. The lowest BCUT2D eigenvalue weighted by Crippen LogP contribution is -2.39. The van der Waals surface area contributed by atoms with Crippen molar-refractivity contribution in [3.63, 3.8) is 0 Å². The molecule has 3 heterocycles. The highest BCUT2D eigenvalue weighted by Crippen LogP contribution is 2.30. The van der Waals surface area contributed by atoms with Crippen molar-refractivity contribution in [2.75, 3.05) is 13.1 Å². The van der Waals surface area contributed by atoms with Crippen molar-refractivity contribution >= 4 is 21.1 Å². The van der Waals surface area contributed by atoms with Gasteiger partial charge in [-0.25, -0.2) is 22.5 Å². The molecule has 28 heavy (non-hydrogen) atoms. The molecular formula is C20H23FN4O2S. The SMILES string of the molecule is CCCn1ncc2ccc(C3CCCN(S(=O)(=O)c4ccc(F)cc4)C3)nc21. The molecule has 0 saturated carbocycles. The Morgan fingerprint density at radius 2 is 1.96 bits per heavy atom. The highest BCUT2D eigenvalue weighted by atomic mass is 32.2. The number of piperidine rings is 1. The first kappa shape index (κ1) is 19.0. The molecule has 4 rings (SSSR count). The Balaban J connectivity index is 1.61. The molecule has 0 aliphatic carbocycles. The third-order valence-corrected chi connectivity index (χ3v) is 7.08. The molecule has 3 aromatic rings. The average Bonchev–Trinajstić information content (AvgIpc) is 3.11. The molecule has 2 aromatic heterocycles. The van der Waals surface area contributed by atoms with Gasteiger partial charge < -0.3 is 0 Å². The minimum atomic E-state index is -3.65. The van der Waals surface area contributed by atoms with Crippen molar-refractivity contribution in [3.8, 4) is 0 Å². The first-order valence-electron chi connectivity index (χ1n) is 9.57. The number of aromatic nitrogens is 3. The summed E-state index contributed by atoms with van der Waals surface area (Å²) in [4.78, 5) is 4.93. The number of benzene rings is 1. The van der Waals surface area contributed by atoms with Gasteiger partial charge in [0.15, 0.2) is 5.65 Å². The van der Waals surface area contributed by atoms with E-state index in [2.05, 4.69) is 12.0 Å². The Bertz CT molecular complexity index is 1080. The van der Waals surface area contributed by atoms with Crippen molar-refractivity contribution < 1.29 is 12.8 Å². The van der Waals surface area contributed by atoms with Crippen LogP contribution in [0.3, 0.4) is 0 Å². The van der Waals surface area contributed by atoms with E-state index in [1.807, 2.05) is 23.0 Å². The van der Waals surface area contributed by atoms with Gasteiger partial charge in [-0.3, -0.25) is 0 Å². The third kappa shape index (κ3) is 3.54. The number of fused-ring (bicyclic) bond motifs is 1. The molecule has 148 valence electrons. The van der Waals surface area contributed by atoms with E-state index in [4.69, 9.17) is 4.98 Å². The number of nitrogens with zero attached hydrogens (tertiary/aromatic N) is 4. The molecule has 0 spiro atoms. The van der Waals surface area contributed by atoms with Crippen molar-refractivity contribution in [1.29, 1.82) is 0 Å². The van der Waals surface area contributed by atoms with Crippen LogP contribution in [-0.4, -0.2) is 40.6 Å². The molecule has 0 amide bonds. The highest BCUT2D eigenvalue weighted by Gasteiger charge is 2.31. The quantitative estimate of drug-likeness (QED) is 0.655. The van der Waals surface area contributed by atoms with Crippen molar-refractivity contribution in [3.05, 3.63) is 54.1 Å². The van der Waals surface area contributed by atoms with Gasteiger partial charge in [0.25, 0.3) is 0 Å². The van der Waals surface area contributed by atoms with Crippen molar-refractivity contribution in [2.45, 2.75) is 43.5 Å². The number of hydrogen-bond donors (Lipinski definition) is 0. The van der Waals surface area contributed by atoms with Gasteiger partial charge in [0.2, 0.25) is 10.0 Å². The molecule has 0 radical (unpaired) electrons. The molecule has 1 aliphatic rings. The first-order valence-corrected chi connectivity index (χ1v) is 11.0. The summed E-state index contributed by atoms with van der Waals surface area (Å²) < 4.78 is 42.5. The fourth-order valence-corrected chi connectivity index (χ4v) is 5.25. The van der Waals surface area contributed by atoms with Gasteiger partial charge >= 0.3 is 0 Å². The van der Waals surface area contributed by atoms with Crippen LogP contribution in [0.25, 0.3) is 11.0 Å². The minimum absolute atomic E-state index is 0.0262. The number of aryl methyl sites for hydroxylation is 1. The van der Waals surface area contributed by atoms with Crippen LogP contribution in [-0.2, 0) is 16.6 Å². The van der Waals surface area contributed by atoms with Crippen LogP contribution in [0.1, 0.15) is 37.8 Å². The Hall–Kier alpha value is -2.32. The van der Waals surface area contributed by atoms with E-state index in [0.29, 0.717) is 13.1 Å². The maximum Gasteiger partial charge on any atom is 0.243 e. The summed E-state index contributed by atoms with van der Waals surface area (Å²) >= 11 is 0. The van der Waals surface area contributed by atoms with Crippen LogP contribution in [0.2, 0.25) is 0 Å². The minimum Gasteiger partial charge on any atom is -0.247 e. The second-order valence-electron chi connectivity index (χ2n) is 7.17. The zero-order valence-corrected chi connectivity index (χ0v) is 16.6. The monoisotopic (exact) mass is 402 g/mol. The second-order valence-corrected chi connectivity index (χ2v) is 9.11. The topological polar surface area (TPSA) is 68.1 Å². The molecule has 1 unspecified atom stereocenters. The summed E-state index contributed by atoms with van der Waals surface area (Å²) in [6.07, 6.45) is 4.43. The van der Waals surface area contributed by atoms with Crippen molar-refractivity contribution in [1.82, 2.24) is 19.1 Å². The normalized spacial score (nSPS) is 18.6. The fraction of sp³-hybridized carbons (Fsp3) is 0.400. The summed E-state index contributed by atoms with van der Waals surface area (Å²) in [5, 5.41) is 5.38. The largest absolute Gasteiger partial charge is 0.247 e. The van der Waals surface area contributed by atoms with E-state index in [-0.39, 0.29) is 10.8 Å². The lowest BCUT2D eigenvalue weighted by Gasteiger charge is -2.31. The zero-order valence-electron chi connectivity index (χ0n) is 15.8. The fourth-order valence-electron chi connectivity index (χ4n) is 3.73. The molecule has 8 heteroatoms. The second kappa shape index (κ2) is 7.60. The maximum absolute atomic E-state index is 13.2. The highest BCUT2D eigenvalue weighted by molar-refractivity contribution is 7.89. The van der Waals surface area contributed by atoms with Gasteiger partial charge in [0.05, 0.1) is 11.1 Å². The lowest BCUT2D eigenvalue weighted by atomic mass is 9.95. The van der Waals surface area contributed by atoms with Gasteiger partial charge in [-0.15, -0.1) is 0 Å². The van der Waals surface area contributed by atoms with Gasteiger partial charge in [-0.2, -0.15) is 9.40 Å². The predicted octanol–water partition coefficient (Wildman–Crippen LogP) is 3.55. The van der Waals surface area contributed by atoms with Crippen LogP contribution in [0.15, 0.2) is 47.5 Å². The van der Waals surface area contributed by atoms with E-state index >= 15 is 0 Å². The number of pyridine rings is 1. The van der Waals surface area contributed by atoms with Crippen molar-refractivity contribution in [2.24, 2.45) is 0 Å². The van der Waals surface area contributed by atoms with E-state index in [1.54, 1.807) is 0 Å². The predicted molar refractivity (Wildman–Crippen MR) is 105 cm³/mol. The summed E-state index contributed by atoms with van der Waals surface area (Å²) in [6.45, 7) is 3.73. The van der Waals surface area contributed by atoms with Gasteiger partial charge in [0, 0.05) is 36.6 Å². The number of hydrogen-bond acceptors (Lipinski definition) is 4. The summed E-state index contributed by atoms with van der Waals surface area (Å²) in [5.41, 5.74) is 1.74. The van der Waals surface area contributed by atoms with E-state index < -0.39 is 15.8 Å². The first-order chi connectivity index (χ1) is 13.5. The van der Waals surface area contributed by atoms with Gasteiger partial charge in [0.1, 0.15) is 5.82 Å². The third-order valence-electron chi connectivity index (χ3n) is 5.20. The van der Waals surface area contributed by atoms with E-state index in [1.165, 1.54) is 28.6 Å². The van der Waals surface area contributed by atoms with E-state index in [9.17, 15) is 12.8 Å². The smallest absolute Gasteiger partial charge is 0.243 e. The molecule has 1 aromatic carbocycles. The Kier molecular flexibility index (Phi) is 5.16. The maximum atomic E-state index is 13.2. The van der Waals surface area contributed by atoms with Crippen LogP contribution >= 0.6 is 0 Å². The lowest BCUT2D eigenvalue weighted by molar-refractivity contribution is 0.313. The summed E-state index contributed by atoms with van der Waals surface area (Å²) in [6, 6.07) is 8.98. The molecule has 1 saturated heterocycles. The standard InChI is InChI=1S/C20H23FN4O2S/c1-2-11-25-20-15(13-22-25)5-10-19(23-20)16-4-3-12-24(14-16)28(26,27)18-8-6-17(21)7-9-18/h5-10,13,16H,2-4,11-12,14H2,1H3. The zero-order chi connectivity index (χ0) is 19.7. The Morgan fingerprint density at radius 1 is 1.18 bits per heavy atom. The summed E-state index contributed by atoms with van der Waals surface area (Å²) in [5.74, 6) is -0.421. The number of rotatable bonds is 5. The number of halogens is 1. The van der Waals surface area contributed by atoms with Crippen LogP contribution in [0.4, 0.5) is 4.39 Å². The Morgan fingerprint density at radius 3 is 2.71 bits per heavy atom. The van der Waals surface area contributed by atoms with E-state index in [0.717, 1.165) is 42.5 Å². The van der Waals surface area contributed by atoms with Crippen LogP contribution in [0.5, 0.6) is 0 Å². The average molecular weight is 402 g/mol. The van der Waals surface area contributed by atoms with Crippen LogP contribution in [0, 0.1) is 5.82 Å². The molecule has 6 nitrogen and oxygen atoms in total. The van der Waals surface area contributed by atoms with Gasteiger partial charge in [-0.05, 0) is 55.7 Å². The molecule has 0 bridgehead atoms.